The number of nitrogens with zero attached hydrogens (tertiary/aromatic N) is 4. The van der Waals surface area contributed by atoms with E-state index in [0.717, 1.165) is 35.5 Å². The number of hydrogen-bond donors (Lipinski definition) is 1. The van der Waals surface area contributed by atoms with Gasteiger partial charge in [0.05, 0.1) is 21.7 Å². The van der Waals surface area contributed by atoms with E-state index in [1.54, 1.807) is 18.3 Å². The van der Waals surface area contributed by atoms with E-state index in [4.69, 9.17) is 21.7 Å². The van der Waals surface area contributed by atoms with Gasteiger partial charge in [0.1, 0.15) is 0 Å². The zero-order valence-corrected chi connectivity index (χ0v) is 18.4. The smallest absolute Gasteiger partial charge is 0.258 e. The molecule has 1 aliphatic rings. The second kappa shape index (κ2) is 9.09. The van der Waals surface area contributed by atoms with Gasteiger partial charge in [0, 0.05) is 24.5 Å². The third-order valence-electron chi connectivity index (χ3n) is 5.81. The minimum Gasteiger partial charge on any atom is -0.304 e. The lowest BCUT2D eigenvalue weighted by molar-refractivity contribution is 0.102. The minimum absolute atomic E-state index is 0.262. The third-order valence-corrected chi connectivity index (χ3v) is 6.10. The molecule has 6 nitrogen and oxygen atoms in total. The molecule has 0 unspecified atom stereocenters. The van der Waals surface area contributed by atoms with E-state index in [2.05, 4.69) is 10.3 Å². The largest absolute Gasteiger partial charge is 0.304 e. The molecule has 0 bridgehead atoms. The molecule has 0 spiro atoms. The minimum atomic E-state index is -0.262. The summed E-state index contributed by atoms with van der Waals surface area (Å²) >= 11 is 6.62. The van der Waals surface area contributed by atoms with Gasteiger partial charge in [-0.25, -0.2) is 9.67 Å². The fourth-order valence-electron chi connectivity index (χ4n) is 3.90. The number of fused-ring (bicyclic) bond motifs is 1. The number of pyridine rings is 2. The van der Waals surface area contributed by atoms with Gasteiger partial charge in [0.2, 0.25) is 0 Å². The molecule has 32 heavy (non-hydrogen) atoms. The Bertz CT molecular complexity index is 1240. The van der Waals surface area contributed by atoms with Crippen molar-refractivity contribution in [2.75, 3.05) is 5.32 Å². The van der Waals surface area contributed by atoms with Gasteiger partial charge in [-0.15, -0.1) is 0 Å². The Hall–Kier alpha value is -3.25. The van der Waals surface area contributed by atoms with Crippen LogP contribution in [0.15, 0.2) is 60.9 Å². The molecule has 0 aliphatic heterocycles. The zero-order valence-electron chi connectivity index (χ0n) is 17.7. The Labute approximate surface area is 191 Å². The van der Waals surface area contributed by atoms with Gasteiger partial charge in [-0.05, 0) is 30.5 Å². The molecule has 0 saturated heterocycles. The lowest BCUT2D eigenvalue weighted by Crippen LogP contribution is -2.13. The molecular weight excluding hydrogens is 422 g/mol. The molecule has 4 aromatic rings. The first-order chi connectivity index (χ1) is 15.7. The highest BCUT2D eigenvalue weighted by atomic mass is 35.5. The van der Waals surface area contributed by atoms with Crippen molar-refractivity contribution in [1.82, 2.24) is 19.7 Å². The molecule has 1 aromatic carbocycles. The summed E-state index contributed by atoms with van der Waals surface area (Å²) in [5, 5.41) is 8.88. The normalized spacial score (nSPS) is 13.4. The van der Waals surface area contributed by atoms with Crippen molar-refractivity contribution in [1.29, 1.82) is 0 Å². The molecule has 5 rings (SSSR count). The second-order valence-electron chi connectivity index (χ2n) is 8.26. The number of rotatable bonds is 8. The number of hydrogen-bond acceptors (Lipinski definition) is 4. The van der Waals surface area contributed by atoms with Crippen molar-refractivity contribution in [3.05, 3.63) is 71.5 Å². The number of carbonyl (C=O) groups excluding carboxylic acids is 1. The van der Waals surface area contributed by atoms with E-state index in [1.807, 2.05) is 41.1 Å². The second-order valence-corrected chi connectivity index (χ2v) is 8.67. The van der Waals surface area contributed by atoms with Crippen molar-refractivity contribution < 1.29 is 4.79 Å². The first-order valence-electron chi connectivity index (χ1n) is 11.0. The molecule has 3 aromatic heterocycles. The SMILES string of the molecule is O=C(Nc1nn(CCCCC2CC2)c2nc(-c3ccccc3)c(Cl)cc12)c1cccnc1. The van der Waals surface area contributed by atoms with Gasteiger partial charge in [-0.2, -0.15) is 5.10 Å². The standard InChI is InChI=1S/C25H24ClN5O/c26-21-15-20-23(29-25(32)19-10-6-13-27-16-19)30-31(14-5-4-7-17-11-12-17)24(20)28-22(21)18-8-2-1-3-9-18/h1-3,6,8-10,13,15-17H,4-5,7,11-12,14H2,(H,29,30,32). The molecular formula is C25H24ClN5O. The van der Waals surface area contributed by atoms with Crippen LogP contribution in [0.2, 0.25) is 5.02 Å². The van der Waals surface area contributed by atoms with Gasteiger partial charge in [0.15, 0.2) is 11.5 Å². The Morgan fingerprint density at radius 2 is 1.97 bits per heavy atom. The number of carbonyl (C=O) groups is 1. The van der Waals surface area contributed by atoms with E-state index < -0.39 is 0 Å². The predicted molar refractivity (Wildman–Crippen MR) is 127 cm³/mol. The van der Waals surface area contributed by atoms with Crippen LogP contribution in [0.1, 0.15) is 42.5 Å². The first-order valence-corrected chi connectivity index (χ1v) is 11.4. The summed E-state index contributed by atoms with van der Waals surface area (Å²) in [6.45, 7) is 0.745. The quantitative estimate of drug-likeness (QED) is 0.338. The van der Waals surface area contributed by atoms with E-state index in [1.165, 1.54) is 31.9 Å². The van der Waals surface area contributed by atoms with Crippen molar-refractivity contribution in [3.8, 4) is 11.3 Å². The summed E-state index contributed by atoms with van der Waals surface area (Å²) in [5.74, 6) is 1.12. The van der Waals surface area contributed by atoms with Gasteiger partial charge in [0.25, 0.3) is 5.91 Å². The van der Waals surface area contributed by atoms with Crippen LogP contribution in [-0.4, -0.2) is 25.7 Å². The zero-order chi connectivity index (χ0) is 21.9. The maximum atomic E-state index is 12.7. The fourth-order valence-corrected chi connectivity index (χ4v) is 4.16. The number of benzene rings is 1. The third kappa shape index (κ3) is 4.50. The maximum absolute atomic E-state index is 12.7. The number of halogens is 1. The summed E-state index contributed by atoms with van der Waals surface area (Å²) in [7, 11) is 0. The highest BCUT2D eigenvalue weighted by Crippen LogP contribution is 2.35. The Balaban J connectivity index is 1.49. The first kappa shape index (κ1) is 20.6. The Kier molecular flexibility index (Phi) is 5.86. The van der Waals surface area contributed by atoms with Crippen LogP contribution < -0.4 is 5.32 Å². The predicted octanol–water partition coefficient (Wildman–Crippen LogP) is 5.98. The highest BCUT2D eigenvalue weighted by Gasteiger charge is 2.21. The number of anilines is 1. The Morgan fingerprint density at radius 3 is 2.72 bits per heavy atom. The lowest BCUT2D eigenvalue weighted by Gasteiger charge is -2.07. The van der Waals surface area contributed by atoms with E-state index in [-0.39, 0.29) is 5.91 Å². The van der Waals surface area contributed by atoms with E-state index >= 15 is 0 Å². The number of aromatic nitrogens is 4. The van der Waals surface area contributed by atoms with Crippen LogP contribution in [0, 0.1) is 5.92 Å². The van der Waals surface area contributed by atoms with Crippen LogP contribution in [0.3, 0.4) is 0 Å². The average Bonchev–Trinajstić information content (AvgIpc) is 3.60. The van der Waals surface area contributed by atoms with Crippen LogP contribution in [-0.2, 0) is 6.54 Å². The number of unbranched alkanes of at least 4 members (excludes halogenated alkanes) is 1. The van der Waals surface area contributed by atoms with Crippen molar-refractivity contribution in [2.24, 2.45) is 5.92 Å². The molecule has 1 aliphatic carbocycles. The van der Waals surface area contributed by atoms with Gasteiger partial charge in [-0.1, -0.05) is 67.6 Å². The summed E-state index contributed by atoms with van der Waals surface area (Å²) < 4.78 is 1.89. The van der Waals surface area contributed by atoms with Crippen molar-refractivity contribution in [2.45, 2.75) is 38.6 Å². The molecule has 0 atom stereocenters. The molecule has 7 heteroatoms. The van der Waals surface area contributed by atoms with Crippen LogP contribution in [0.5, 0.6) is 0 Å². The van der Waals surface area contributed by atoms with E-state index in [9.17, 15) is 4.79 Å². The molecule has 1 N–H and O–H groups in total. The van der Waals surface area contributed by atoms with Gasteiger partial charge in [-0.3, -0.25) is 9.78 Å². The summed E-state index contributed by atoms with van der Waals surface area (Å²) in [4.78, 5) is 21.6. The summed E-state index contributed by atoms with van der Waals surface area (Å²) in [6, 6.07) is 15.2. The van der Waals surface area contributed by atoms with Crippen molar-refractivity contribution >= 4 is 34.4 Å². The van der Waals surface area contributed by atoms with Crippen LogP contribution in [0.4, 0.5) is 5.82 Å². The summed E-state index contributed by atoms with van der Waals surface area (Å²) in [5.41, 5.74) is 2.85. The number of amides is 1. The number of aryl methyl sites for hydroxylation is 1. The summed E-state index contributed by atoms with van der Waals surface area (Å²) in [6.07, 6.45) is 9.38. The molecule has 1 amide bonds. The maximum Gasteiger partial charge on any atom is 0.258 e. The van der Waals surface area contributed by atoms with Crippen LogP contribution >= 0.6 is 11.6 Å². The monoisotopic (exact) mass is 445 g/mol. The molecule has 0 radical (unpaired) electrons. The molecule has 1 fully saturated rings. The topological polar surface area (TPSA) is 72.7 Å². The lowest BCUT2D eigenvalue weighted by atomic mass is 10.1. The average molecular weight is 446 g/mol. The number of nitrogens with one attached hydrogen (secondary N) is 1. The van der Waals surface area contributed by atoms with Crippen LogP contribution in [0.25, 0.3) is 22.3 Å². The fraction of sp³-hybridized carbons (Fsp3) is 0.280. The van der Waals surface area contributed by atoms with Crippen molar-refractivity contribution in [3.63, 3.8) is 0 Å². The van der Waals surface area contributed by atoms with Gasteiger partial charge >= 0.3 is 0 Å². The highest BCUT2D eigenvalue weighted by molar-refractivity contribution is 6.34. The van der Waals surface area contributed by atoms with Gasteiger partial charge < -0.3 is 5.32 Å². The Morgan fingerprint density at radius 1 is 1.12 bits per heavy atom. The molecule has 162 valence electrons. The molecule has 1 saturated carbocycles. The van der Waals surface area contributed by atoms with E-state index in [0.29, 0.717) is 22.1 Å². The molecule has 3 heterocycles.